The van der Waals surface area contributed by atoms with E-state index >= 15 is 0 Å². The zero-order chi connectivity index (χ0) is 15.6. The summed E-state index contributed by atoms with van der Waals surface area (Å²) in [4.78, 5) is 22.5. The monoisotopic (exact) mass is 303 g/mol. The van der Waals surface area contributed by atoms with Gasteiger partial charge in [-0.3, -0.25) is 9.59 Å². The molecule has 0 aliphatic heterocycles. The molecule has 1 aliphatic rings. The third-order valence-electron chi connectivity index (χ3n) is 3.07. The molecule has 0 radical (unpaired) electrons. The third kappa shape index (κ3) is 5.30. The maximum Gasteiger partial charge on any atom is 0.406 e. The maximum absolute atomic E-state index is 12.9. The number of carboxylic acids is 1. The average Bonchev–Trinajstić information content (AvgIpc) is 2.24. The van der Waals surface area contributed by atoms with E-state index in [0.29, 0.717) is 0 Å². The number of halogens is 5. The van der Waals surface area contributed by atoms with Crippen molar-refractivity contribution >= 4 is 11.9 Å². The molecule has 9 heteroatoms. The fourth-order valence-electron chi connectivity index (χ4n) is 2.14. The highest BCUT2D eigenvalue weighted by molar-refractivity contribution is 5.83. The molecule has 0 aromatic heterocycles. The van der Waals surface area contributed by atoms with Crippen LogP contribution in [0.25, 0.3) is 0 Å². The summed E-state index contributed by atoms with van der Waals surface area (Å²) in [6.45, 7) is -2.78. The molecule has 1 amide bonds. The van der Waals surface area contributed by atoms with Crippen molar-refractivity contribution in [1.82, 2.24) is 4.90 Å². The molecule has 1 saturated carbocycles. The highest BCUT2D eigenvalue weighted by atomic mass is 19.4. The van der Waals surface area contributed by atoms with Crippen molar-refractivity contribution in [1.29, 1.82) is 0 Å². The molecule has 1 rings (SSSR count). The Morgan fingerprint density at radius 2 is 1.70 bits per heavy atom. The Morgan fingerprint density at radius 3 is 2.10 bits per heavy atom. The van der Waals surface area contributed by atoms with Crippen LogP contribution in [0.2, 0.25) is 0 Å². The van der Waals surface area contributed by atoms with E-state index in [1.807, 2.05) is 0 Å². The molecule has 0 atom stereocenters. The minimum Gasteiger partial charge on any atom is -0.480 e. The summed E-state index contributed by atoms with van der Waals surface area (Å²) in [6.07, 6.45) is -6.35. The number of carbonyl (C=O) groups is 2. The lowest BCUT2D eigenvalue weighted by molar-refractivity contribution is -0.169. The highest BCUT2D eigenvalue weighted by Crippen LogP contribution is 2.37. The van der Waals surface area contributed by atoms with Crippen LogP contribution in [0.3, 0.4) is 0 Å². The summed E-state index contributed by atoms with van der Waals surface area (Å²) in [5, 5.41) is 8.53. The molecule has 0 unspecified atom stereocenters. The maximum atomic E-state index is 12.9. The smallest absolute Gasteiger partial charge is 0.406 e. The molecule has 0 bridgehead atoms. The first kappa shape index (κ1) is 16.6. The molecule has 0 heterocycles. The molecule has 0 aromatic carbocycles. The number of aliphatic carboxylic acids is 1. The van der Waals surface area contributed by atoms with E-state index in [9.17, 15) is 31.5 Å². The van der Waals surface area contributed by atoms with Crippen LogP contribution in [0.5, 0.6) is 0 Å². The summed E-state index contributed by atoms with van der Waals surface area (Å²) < 4.78 is 62.7. The zero-order valence-corrected chi connectivity index (χ0v) is 10.4. The Bertz CT molecular complexity index is 373. The number of hydrogen-bond donors (Lipinski definition) is 1. The van der Waals surface area contributed by atoms with Crippen LogP contribution in [0.1, 0.15) is 25.7 Å². The lowest BCUT2D eigenvalue weighted by Gasteiger charge is -2.31. The molecule has 116 valence electrons. The van der Waals surface area contributed by atoms with Crippen molar-refractivity contribution in [2.45, 2.75) is 37.8 Å². The first-order chi connectivity index (χ1) is 9.00. The molecule has 0 saturated heterocycles. The Kier molecular flexibility index (Phi) is 4.93. The molecular formula is C11H14F5NO3. The van der Waals surface area contributed by atoms with E-state index in [1.54, 1.807) is 0 Å². The van der Waals surface area contributed by atoms with Crippen molar-refractivity contribution in [2.75, 3.05) is 13.1 Å². The van der Waals surface area contributed by atoms with Gasteiger partial charge in [0.2, 0.25) is 11.8 Å². The van der Waals surface area contributed by atoms with Crippen LogP contribution in [-0.2, 0) is 9.59 Å². The topological polar surface area (TPSA) is 57.6 Å². The zero-order valence-electron chi connectivity index (χ0n) is 10.4. The van der Waals surface area contributed by atoms with Gasteiger partial charge in [0, 0.05) is 18.8 Å². The highest BCUT2D eigenvalue weighted by Gasteiger charge is 2.41. The SMILES string of the molecule is O=C(O)CN(CC(F)(F)F)C(=O)C1CCC(F)(F)CC1. The van der Waals surface area contributed by atoms with Gasteiger partial charge < -0.3 is 10.0 Å². The van der Waals surface area contributed by atoms with Gasteiger partial charge in [0.05, 0.1) is 0 Å². The third-order valence-corrected chi connectivity index (χ3v) is 3.07. The minimum atomic E-state index is -4.73. The first-order valence-corrected chi connectivity index (χ1v) is 5.95. The van der Waals surface area contributed by atoms with E-state index in [1.165, 1.54) is 0 Å². The second kappa shape index (κ2) is 5.92. The fraction of sp³-hybridized carbons (Fsp3) is 0.818. The molecular weight excluding hydrogens is 289 g/mol. The Morgan fingerprint density at radius 1 is 1.20 bits per heavy atom. The molecule has 1 aliphatic carbocycles. The normalized spacial score (nSPS) is 19.6. The summed E-state index contributed by atoms with van der Waals surface area (Å²) in [5.74, 6) is -6.49. The summed E-state index contributed by atoms with van der Waals surface area (Å²) in [5.41, 5.74) is 0. The lowest BCUT2D eigenvalue weighted by atomic mass is 9.86. The number of alkyl halides is 5. The number of carbonyl (C=O) groups excluding carboxylic acids is 1. The van der Waals surface area contributed by atoms with Gasteiger partial charge in [0.25, 0.3) is 0 Å². The predicted octanol–water partition coefficient (Wildman–Crippen LogP) is 2.29. The average molecular weight is 303 g/mol. The van der Waals surface area contributed by atoms with Crippen molar-refractivity contribution in [3.8, 4) is 0 Å². The van der Waals surface area contributed by atoms with Crippen molar-refractivity contribution < 1.29 is 36.6 Å². The second-order valence-corrected chi connectivity index (χ2v) is 4.83. The first-order valence-electron chi connectivity index (χ1n) is 5.95. The van der Waals surface area contributed by atoms with Crippen LogP contribution in [-0.4, -0.2) is 47.1 Å². The van der Waals surface area contributed by atoms with Crippen LogP contribution < -0.4 is 0 Å². The van der Waals surface area contributed by atoms with Gasteiger partial charge in [0.1, 0.15) is 13.1 Å². The minimum absolute atomic E-state index is 0.163. The van der Waals surface area contributed by atoms with Gasteiger partial charge in [-0.2, -0.15) is 13.2 Å². The number of carboxylic acid groups (broad SMARTS) is 1. The molecule has 1 N–H and O–H groups in total. The van der Waals surface area contributed by atoms with Crippen molar-refractivity contribution in [2.24, 2.45) is 5.92 Å². The van der Waals surface area contributed by atoms with Gasteiger partial charge in [0.15, 0.2) is 0 Å². The largest absolute Gasteiger partial charge is 0.480 e. The van der Waals surface area contributed by atoms with Crippen LogP contribution >= 0.6 is 0 Å². The fourth-order valence-corrected chi connectivity index (χ4v) is 2.14. The Hall–Kier alpha value is -1.41. The number of amides is 1. The van der Waals surface area contributed by atoms with Gasteiger partial charge in [-0.25, -0.2) is 8.78 Å². The summed E-state index contributed by atoms with van der Waals surface area (Å²) in [7, 11) is 0. The Labute approximate surface area is 111 Å². The van der Waals surface area contributed by atoms with Crippen LogP contribution in [0, 0.1) is 5.92 Å². The van der Waals surface area contributed by atoms with E-state index < -0.39 is 55.8 Å². The molecule has 1 fully saturated rings. The number of rotatable bonds is 4. The van der Waals surface area contributed by atoms with Crippen molar-refractivity contribution in [3.63, 3.8) is 0 Å². The number of nitrogens with zero attached hydrogens (tertiary/aromatic N) is 1. The van der Waals surface area contributed by atoms with Gasteiger partial charge >= 0.3 is 12.1 Å². The van der Waals surface area contributed by atoms with Gasteiger partial charge in [-0.15, -0.1) is 0 Å². The number of hydrogen-bond acceptors (Lipinski definition) is 2. The van der Waals surface area contributed by atoms with Gasteiger partial charge in [-0.05, 0) is 12.8 Å². The predicted molar refractivity (Wildman–Crippen MR) is 57.2 cm³/mol. The quantitative estimate of drug-likeness (QED) is 0.811. The second-order valence-electron chi connectivity index (χ2n) is 4.83. The lowest BCUT2D eigenvalue weighted by Crippen LogP contribution is -2.46. The van der Waals surface area contributed by atoms with E-state index in [0.717, 1.165) is 0 Å². The Balaban J connectivity index is 2.70. The van der Waals surface area contributed by atoms with Crippen LogP contribution in [0.4, 0.5) is 22.0 Å². The van der Waals surface area contributed by atoms with E-state index in [-0.39, 0.29) is 17.7 Å². The van der Waals surface area contributed by atoms with Crippen LogP contribution in [0.15, 0.2) is 0 Å². The standard InChI is InChI=1S/C11H14F5NO3/c12-10(13)3-1-7(2-4-10)9(20)17(5-8(18)19)6-11(14,15)16/h7H,1-6H2,(H,18,19). The molecule has 0 spiro atoms. The molecule has 20 heavy (non-hydrogen) atoms. The van der Waals surface area contributed by atoms with Crippen molar-refractivity contribution in [3.05, 3.63) is 0 Å². The van der Waals surface area contributed by atoms with E-state index in [4.69, 9.17) is 5.11 Å². The molecule has 4 nitrogen and oxygen atoms in total. The summed E-state index contributed by atoms with van der Waals surface area (Å²) >= 11 is 0. The van der Waals surface area contributed by atoms with E-state index in [2.05, 4.69) is 0 Å². The molecule has 0 aromatic rings. The van der Waals surface area contributed by atoms with Gasteiger partial charge in [-0.1, -0.05) is 0 Å². The summed E-state index contributed by atoms with van der Waals surface area (Å²) in [6, 6.07) is 0.